The highest BCUT2D eigenvalue weighted by Gasteiger charge is 2.11. The van der Waals surface area contributed by atoms with Crippen LogP contribution in [0.1, 0.15) is 5.56 Å². The fourth-order valence-corrected chi connectivity index (χ4v) is 2.48. The first-order valence-electron chi connectivity index (χ1n) is 6.94. The van der Waals surface area contributed by atoms with Crippen molar-refractivity contribution in [3.05, 3.63) is 70.8 Å². The third kappa shape index (κ3) is 1.87. The molecule has 0 fully saturated rings. The summed E-state index contributed by atoms with van der Waals surface area (Å²) in [7, 11) is 0. The summed E-state index contributed by atoms with van der Waals surface area (Å²) in [5, 5.41) is 9.20. The molecule has 0 aliphatic carbocycles. The van der Waals surface area contributed by atoms with Crippen LogP contribution >= 0.6 is 0 Å². The molecule has 2 aromatic carbocycles. The van der Waals surface area contributed by atoms with E-state index in [2.05, 4.69) is 15.2 Å². The van der Waals surface area contributed by atoms with Gasteiger partial charge in [-0.05, 0) is 19.1 Å². The number of rotatable bonds is 1. The molecule has 2 heterocycles. The topological polar surface area (TPSA) is 60.1 Å². The van der Waals surface area contributed by atoms with Gasteiger partial charge in [-0.1, -0.05) is 42.0 Å². The van der Waals surface area contributed by atoms with Crippen molar-refractivity contribution in [2.45, 2.75) is 6.92 Å². The number of hydrogen-bond donors (Lipinski definition) is 0. The SMILES string of the molecule is Cc1ccc(-c2nnc3c4ccccc4ncn3c2=O)cc1. The predicted molar refractivity (Wildman–Crippen MR) is 84.7 cm³/mol. The van der Waals surface area contributed by atoms with Crippen molar-refractivity contribution in [1.82, 2.24) is 19.6 Å². The Bertz CT molecular complexity index is 1050. The maximum atomic E-state index is 12.7. The molecule has 0 bridgehead atoms. The van der Waals surface area contributed by atoms with Crippen LogP contribution < -0.4 is 5.56 Å². The molecule has 4 aromatic rings. The van der Waals surface area contributed by atoms with Gasteiger partial charge < -0.3 is 0 Å². The third-order valence-corrected chi connectivity index (χ3v) is 3.68. The maximum absolute atomic E-state index is 12.7. The van der Waals surface area contributed by atoms with Gasteiger partial charge >= 0.3 is 0 Å². The number of hydrogen-bond acceptors (Lipinski definition) is 4. The molecule has 0 atom stereocenters. The van der Waals surface area contributed by atoms with Crippen LogP contribution in [0, 0.1) is 6.92 Å². The lowest BCUT2D eigenvalue weighted by Gasteiger charge is -2.05. The maximum Gasteiger partial charge on any atom is 0.285 e. The van der Waals surface area contributed by atoms with Gasteiger partial charge in [-0.25, -0.2) is 9.38 Å². The van der Waals surface area contributed by atoms with Crippen LogP contribution in [0.3, 0.4) is 0 Å². The molecule has 5 nitrogen and oxygen atoms in total. The summed E-state index contributed by atoms with van der Waals surface area (Å²) in [6.45, 7) is 2.00. The molecule has 5 heteroatoms. The molecule has 0 spiro atoms. The lowest BCUT2D eigenvalue weighted by Crippen LogP contribution is -2.19. The molecule has 4 rings (SSSR count). The third-order valence-electron chi connectivity index (χ3n) is 3.68. The molecule has 0 aliphatic heterocycles. The number of aryl methyl sites for hydroxylation is 1. The summed E-state index contributed by atoms with van der Waals surface area (Å²) in [5.41, 5.74) is 3.31. The minimum atomic E-state index is -0.216. The highest BCUT2D eigenvalue weighted by Crippen LogP contribution is 2.17. The number of nitrogens with zero attached hydrogens (tertiary/aromatic N) is 4. The fourth-order valence-electron chi connectivity index (χ4n) is 2.48. The lowest BCUT2D eigenvalue weighted by atomic mass is 10.1. The van der Waals surface area contributed by atoms with E-state index in [1.807, 2.05) is 55.5 Å². The molecule has 0 aliphatic rings. The second-order valence-electron chi connectivity index (χ2n) is 5.18. The highest BCUT2D eigenvalue weighted by molar-refractivity contribution is 5.90. The van der Waals surface area contributed by atoms with E-state index in [1.54, 1.807) is 0 Å². The summed E-state index contributed by atoms with van der Waals surface area (Å²) in [6.07, 6.45) is 1.51. The largest absolute Gasteiger partial charge is 0.285 e. The zero-order valence-electron chi connectivity index (χ0n) is 11.9. The molecule has 2 aromatic heterocycles. The van der Waals surface area contributed by atoms with Crippen molar-refractivity contribution in [2.24, 2.45) is 0 Å². The number of benzene rings is 2. The minimum Gasteiger partial charge on any atom is -0.266 e. The summed E-state index contributed by atoms with van der Waals surface area (Å²) in [5.74, 6) is 0. The first kappa shape index (κ1) is 12.6. The minimum absolute atomic E-state index is 0.216. The summed E-state index contributed by atoms with van der Waals surface area (Å²) >= 11 is 0. The monoisotopic (exact) mass is 288 g/mol. The zero-order chi connectivity index (χ0) is 15.1. The average Bonchev–Trinajstić information content (AvgIpc) is 2.56. The van der Waals surface area contributed by atoms with E-state index in [4.69, 9.17) is 0 Å². The van der Waals surface area contributed by atoms with E-state index in [9.17, 15) is 4.79 Å². The number of fused-ring (bicyclic) bond motifs is 3. The van der Waals surface area contributed by atoms with Gasteiger partial charge in [0.1, 0.15) is 6.33 Å². The van der Waals surface area contributed by atoms with Crippen LogP contribution in [0.5, 0.6) is 0 Å². The quantitative estimate of drug-likeness (QED) is 0.505. The fraction of sp³-hybridized carbons (Fsp3) is 0.0588. The average molecular weight is 288 g/mol. The summed E-state index contributed by atoms with van der Waals surface area (Å²) in [4.78, 5) is 17.0. The molecule has 0 unspecified atom stereocenters. The Morgan fingerprint density at radius 1 is 0.955 bits per heavy atom. The first-order valence-corrected chi connectivity index (χ1v) is 6.94. The molecule has 106 valence electrons. The van der Waals surface area contributed by atoms with Crippen molar-refractivity contribution in [1.29, 1.82) is 0 Å². The number of para-hydroxylation sites is 1. The zero-order valence-corrected chi connectivity index (χ0v) is 11.9. The second-order valence-corrected chi connectivity index (χ2v) is 5.18. The molecular weight excluding hydrogens is 276 g/mol. The van der Waals surface area contributed by atoms with Crippen LogP contribution in [0.2, 0.25) is 0 Å². The highest BCUT2D eigenvalue weighted by atomic mass is 16.1. The Kier molecular flexibility index (Phi) is 2.72. The van der Waals surface area contributed by atoms with Crippen LogP contribution in [0.15, 0.2) is 59.7 Å². The standard InChI is InChI=1S/C17H12N4O/c1-11-6-8-12(9-7-11)15-17(22)21-10-18-14-5-3-2-4-13(14)16(21)20-19-15/h2-10H,1H3. The van der Waals surface area contributed by atoms with Crippen LogP contribution in [0.4, 0.5) is 0 Å². The van der Waals surface area contributed by atoms with Gasteiger partial charge in [0.2, 0.25) is 0 Å². The van der Waals surface area contributed by atoms with Crippen molar-refractivity contribution in [2.75, 3.05) is 0 Å². The van der Waals surface area contributed by atoms with Gasteiger partial charge in [-0.3, -0.25) is 4.79 Å². The van der Waals surface area contributed by atoms with E-state index < -0.39 is 0 Å². The molecule has 0 radical (unpaired) electrons. The lowest BCUT2D eigenvalue weighted by molar-refractivity contribution is 0.930. The predicted octanol–water partition coefficient (Wildman–Crippen LogP) is 2.61. The smallest absolute Gasteiger partial charge is 0.266 e. The molecule has 0 amide bonds. The van der Waals surface area contributed by atoms with Crippen molar-refractivity contribution in [3.8, 4) is 11.3 Å². The molecule has 0 saturated heterocycles. The van der Waals surface area contributed by atoms with Crippen LogP contribution in [0.25, 0.3) is 27.8 Å². The Labute approximate surface area is 125 Å². The van der Waals surface area contributed by atoms with Crippen molar-refractivity contribution in [3.63, 3.8) is 0 Å². The van der Waals surface area contributed by atoms with Gasteiger partial charge in [-0.2, -0.15) is 0 Å². The Balaban J connectivity index is 2.04. The second kappa shape index (κ2) is 4.73. The van der Waals surface area contributed by atoms with Gasteiger partial charge in [0.25, 0.3) is 5.56 Å². The Morgan fingerprint density at radius 3 is 2.55 bits per heavy atom. The van der Waals surface area contributed by atoms with E-state index in [1.165, 1.54) is 10.7 Å². The number of aromatic nitrogens is 4. The first-order chi connectivity index (χ1) is 10.7. The van der Waals surface area contributed by atoms with Crippen molar-refractivity contribution >= 4 is 16.6 Å². The van der Waals surface area contributed by atoms with Crippen LogP contribution in [-0.4, -0.2) is 19.6 Å². The van der Waals surface area contributed by atoms with E-state index >= 15 is 0 Å². The van der Waals surface area contributed by atoms with E-state index in [0.29, 0.717) is 11.3 Å². The summed E-state index contributed by atoms with van der Waals surface area (Å²) < 4.78 is 1.45. The Hall–Kier alpha value is -3.08. The molecule has 22 heavy (non-hydrogen) atoms. The van der Waals surface area contributed by atoms with Gasteiger partial charge in [0.05, 0.1) is 5.52 Å². The van der Waals surface area contributed by atoms with Gasteiger partial charge in [0.15, 0.2) is 11.3 Å². The summed E-state index contributed by atoms with van der Waals surface area (Å²) in [6, 6.07) is 15.2. The molecular formula is C17H12N4O. The van der Waals surface area contributed by atoms with Crippen molar-refractivity contribution < 1.29 is 0 Å². The van der Waals surface area contributed by atoms with Gasteiger partial charge in [-0.15, -0.1) is 10.2 Å². The van der Waals surface area contributed by atoms with E-state index in [0.717, 1.165) is 22.0 Å². The molecule has 0 N–H and O–H groups in total. The van der Waals surface area contributed by atoms with E-state index in [-0.39, 0.29) is 5.56 Å². The van der Waals surface area contributed by atoms with Gasteiger partial charge in [0, 0.05) is 10.9 Å². The Morgan fingerprint density at radius 2 is 1.73 bits per heavy atom. The normalized spacial score (nSPS) is 11.1. The van der Waals surface area contributed by atoms with Crippen LogP contribution in [-0.2, 0) is 0 Å². The molecule has 0 saturated carbocycles.